The van der Waals surface area contributed by atoms with Gasteiger partial charge in [0.15, 0.2) is 0 Å². The highest BCUT2D eigenvalue weighted by atomic mass is 32.1. The first kappa shape index (κ1) is 13.7. The number of nitrogens with zero attached hydrogens (tertiary/aromatic N) is 4. The molecule has 20 heavy (non-hydrogen) atoms. The molecule has 2 N–H and O–H groups in total. The van der Waals surface area contributed by atoms with Crippen LogP contribution in [0.3, 0.4) is 0 Å². The molecule has 2 aromatic rings. The van der Waals surface area contributed by atoms with Crippen molar-refractivity contribution in [2.45, 2.75) is 13.8 Å². The Bertz CT molecular complexity index is 601. The quantitative estimate of drug-likeness (QED) is 0.926. The number of piperazine rings is 1. The van der Waals surface area contributed by atoms with Crippen molar-refractivity contribution in [3.63, 3.8) is 0 Å². The molecule has 0 aliphatic carbocycles. The minimum absolute atomic E-state index is 0.737. The summed E-state index contributed by atoms with van der Waals surface area (Å²) >= 11 is 1.76. The molecule has 5 nitrogen and oxygen atoms in total. The molecule has 0 saturated carbocycles. The number of hydrogen-bond acceptors (Lipinski definition) is 6. The average Bonchev–Trinajstić information content (AvgIpc) is 2.76. The third kappa shape index (κ3) is 2.39. The van der Waals surface area contributed by atoms with Crippen LogP contribution in [0.15, 0.2) is 6.33 Å². The Morgan fingerprint density at radius 2 is 1.95 bits per heavy atom. The van der Waals surface area contributed by atoms with E-state index in [1.165, 1.54) is 15.8 Å². The minimum Gasteiger partial charge on any atom is -0.353 e. The Morgan fingerprint density at radius 1 is 1.20 bits per heavy atom. The van der Waals surface area contributed by atoms with Crippen molar-refractivity contribution >= 4 is 27.4 Å². The van der Waals surface area contributed by atoms with E-state index in [2.05, 4.69) is 33.6 Å². The van der Waals surface area contributed by atoms with Crippen LogP contribution in [-0.2, 0) is 0 Å². The number of thiophene rings is 1. The summed E-state index contributed by atoms with van der Waals surface area (Å²) in [5.74, 6) is 1.10. The third-order valence-electron chi connectivity index (χ3n) is 4.06. The molecule has 1 saturated heterocycles. The fourth-order valence-electron chi connectivity index (χ4n) is 2.77. The lowest BCUT2D eigenvalue weighted by atomic mass is 10.2. The number of aromatic nitrogens is 2. The van der Waals surface area contributed by atoms with Gasteiger partial charge in [-0.05, 0) is 19.4 Å². The van der Waals surface area contributed by atoms with Crippen molar-refractivity contribution in [1.29, 1.82) is 0 Å². The molecule has 3 heterocycles. The summed E-state index contributed by atoms with van der Waals surface area (Å²) < 4.78 is 0. The lowest BCUT2D eigenvalue weighted by Crippen LogP contribution is -2.48. The first-order valence-electron chi connectivity index (χ1n) is 7.08. The van der Waals surface area contributed by atoms with Crippen molar-refractivity contribution < 1.29 is 0 Å². The lowest BCUT2D eigenvalue weighted by Gasteiger charge is -2.35. The molecule has 0 unspecified atom stereocenters. The van der Waals surface area contributed by atoms with Gasteiger partial charge in [0.2, 0.25) is 0 Å². The van der Waals surface area contributed by atoms with Crippen LogP contribution in [-0.4, -0.2) is 54.1 Å². The largest absolute Gasteiger partial charge is 0.353 e. The van der Waals surface area contributed by atoms with Crippen LogP contribution in [0.2, 0.25) is 0 Å². The van der Waals surface area contributed by atoms with Gasteiger partial charge in [0, 0.05) is 44.1 Å². The van der Waals surface area contributed by atoms with Gasteiger partial charge in [-0.15, -0.1) is 11.3 Å². The molecule has 108 valence electrons. The van der Waals surface area contributed by atoms with Gasteiger partial charge in [-0.1, -0.05) is 0 Å². The van der Waals surface area contributed by atoms with Crippen LogP contribution in [0.5, 0.6) is 0 Å². The van der Waals surface area contributed by atoms with E-state index in [1.54, 1.807) is 17.7 Å². The van der Waals surface area contributed by atoms with Gasteiger partial charge in [0.1, 0.15) is 17.0 Å². The van der Waals surface area contributed by atoms with Gasteiger partial charge in [-0.25, -0.2) is 9.97 Å². The highest BCUT2D eigenvalue weighted by Crippen LogP contribution is 2.34. The fraction of sp³-hybridized carbons (Fsp3) is 0.571. The van der Waals surface area contributed by atoms with Gasteiger partial charge in [0.05, 0.1) is 5.39 Å². The van der Waals surface area contributed by atoms with E-state index in [1.807, 2.05) is 0 Å². The number of anilines is 1. The fourth-order valence-corrected chi connectivity index (χ4v) is 3.76. The summed E-state index contributed by atoms with van der Waals surface area (Å²) in [4.78, 5) is 16.2. The SMILES string of the molecule is Cc1sc2ncnc(N3CCN(CCN)CC3)c2c1C. The van der Waals surface area contributed by atoms with E-state index < -0.39 is 0 Å². The summed E-state index contributed by atoms with van der Waals surface area (Å²) in [6, 6.07) is 0. The molecule has 0 atom stereocenters. The maximum absolute atomic E-state index is 5.63. The Labute approximate surface area is 123 Å². The molecule has 0 amide bonds. The van der Waals surface area contributed by atoms with E-state index in [0.29, 0.717) is 0 Å². The van der Waals surface area contributed by atoms with Gasteiger partial charge >= 0.3 is 0 Å². The van der Waals surface area contributed by atoms with Crippen molar-refractivity contribution in [3.8, 4) is 0 Å². The number of nitrogens with two attached hydrogens (primary N) is 1. The minimum atomic E-state index is 0.737. The molecular weight excluding hydrogens is 270 g/mol. The average molecular weight is 291 g/mol. The molecule has 1 fully saturated rings. The Hall–Kier alpha value is -1.24. The van der Waals surface area contributed by atoms with Crippen LogP contribution < -0.4 is 10.6 Å². The van der Waals surface area contributed by atoms with E-state index in [9.17, 15) is 0 Å². The first-order valence-corrected chi connectivity index (χ1v) is 7.90. The Kier molecular flexibility index (Phi) is 3.87. The number of rotatable bonds is 3. The Morgan fingerprint density at radius 3 is 2.65 bits per heavy atom. The molecule has 3 rings (SSSR count). The zero-order valence-electron chi connectivity index (χ0n) is 12.1. The van der Waals surface area contributed by atoms with E-state index in [-0.39, 0.29) is 0 Å². The molecule has 2 aromatic heterocycles. The standard InChI is InChI=1S/C14H21N5S/c1-10-11(2)20-14-12(10)13(16-9-17-14)19-7-5-18(4-3-15)6-8-19/h9H,3-8,15H2,1-2H3. The number of hydrogen-bond donors (Lipinski definition) is 1. The maximum Gasteiger partial charge on any atom is 0.141 e. The summed E-state index contributed by atoms with van der Waals surface area (Å²) in [5.41, 5.74) is 6.95. The second kappa shape index (κ2) is 5.63. The number of aryl methyl sites for hydroxylation is 2. The van der Waals surface area contributed by atoms with Crippen molar-refractivity contribution in [3.05, 3.63) is 16.8 Å². The zero-order chi connectivity index (χ0) is 14.1. The molecule has 1 aliphatic heterocycles. The molecule has 6 heteroatoms. The maximum atomic E-state index is 5.63. The van der Waals surface area contributed by atoms with Crippen LogP contribution in [0.25, 0.3) is 10.2 Å². The predicted octanol–water partition coefficient (Wildman–Crippen LogP) is 1.39. The molecule has 1 aliphatic rings. The topological polar surface area (TPSA) is 58.3 Å². The summed E-state index contributed by atoms with van der Waals surface area (Å²) in [6.07, 6.45) is 1.69. The molecule has 0 spiro atoms. The normalized spacial score (nSPS) is 17.1. The van der Waals surface area contributed by atoms with E-state index >= 15 is 0 Å². The second-order valence-corrected chi connectivity index (χ2v) is 6.48. The van der Waals surface area contributed by atoms with Crippen LogP contribution in [0.4, 0.5) is 5.82 Å². The summed E-state index contributed by atoms with van der Waals surface area (Å²) in [7, 11) is 0. The molecule has 0 bridgehead atoms. The first-order chi connectivity index (χ1) is 9.70. The van der Waals surface area contributed by atoms with Crippen molar-refractivity contribution in [1.82, 2.24) is 14.9 Å². The number of fused-ring (bicyclic) bond motifs is 1. The van der Waals surface area contributed by atoms with Crippen molar-refractivity contribution in [2.75, 3.05) is 44.2 Å². The summed E-state index contributed by atoms with van der Waals surface area (Å²) in [5, 5.41) is 1.24. The zero-order valence-corrected chi connectivity index (χ0v) is 12.9. The predicted molar refractivity (Wildman–Crippen MR) is 84.6 cm³/mol. The molecule has 0 aromatic carbocycles. The van der Waals surface area contributed by atoms with Gasteiger partial charge in [-0.2, -0.15) is 0 Å². The summed E-state index contributed by atoms with van der Waals surface area (Å²) in [6.45, 7) is 10.2. The molecular formula is C14H21N5S. The highest BCUT2D eigenvalue weighted by Gasteiger charge is 2.21. The van der Waals surface area contributed by atoms with Crippen LogP contribution in [0, 0.1) is 13.8 Å². The van der Waals surface area contributed by atoms with E-state index in [0.717, 1.165) is 49.9 Å². The van der Waals surface area contributed by atoms with E-state index in [4.69, 9.17) is 5.73 Å². The monoisotopic (exact) mass is 291 g/mol. The van der Waals surface area contributed by atoms with Gasteiger partial charge in [-0.3, -0.25) is 4.90 Å². The second-order valence-electron chi connectivity index (χ2n) is 5.28. The smallest absolute Gasteiger partial charge is 0.141 e. The van der Waals surface area contributed by atoms with Crippen molar-refractivity contribution in [2.24, 2.45) is 5.73 Å². The highest BCUT2D eigenvalue weighted by molar-refractivity contribution is 7.18. The molecule has 0 radical (unpaired) electrons. The lowest BCUT2D eigenvalue weighted by molar-refractivity contribution is 0.264. The Balaban J connectivity index is 1.88. The third-order valence-corrected chi connectivity index (χ3v) is 5.18. The van der Waals surface area contributed by atoms with Crippen LogP contribution in [0.1, 0.15) is 10.4 Å². The van der Waals surface area contributed by atoms with Crippen LogP contribution >= 0.6 is 11.3 Å². The van der Waals surface area contributed by atoms with Gasteiger partial charge < -0.3 is 10.6 Å². The van der Waals surface area contributed by atoms with Gasteiger partial charge in [0.25, 0.3) is 0 Å².